The quantitative estimate of drug-likeness (QED) is 0.806. The van der Waals surface area contributed by atoms with Crippen molar-refractivity contribution in [1.29, 1.82) is 0 Å². The Bertz CT molecular complexity index is 499. The molecule has 1 fully saturated rings. The molecular weight excluding hydrogens is 240 g/mol. The molecule has 2 aliphatic heterocycles. The van der Waals surface area contributed by atoms with Crippen LogP contribution in [0.4, 0.5) is 5.69 Å². The van der Waals surface area contributed by atoms with Crippen molar-refractivity contribution in [2.75, 3.05) is 25.0 Å². The van der Waals surface area contributed by atoms with E-state index in [1.807, 2.05) is 29.2 Å². The Balaban J connectivity index is 1.82. The van der Waals surface area contributed by atoms with Gasteiger partial charge in [0.1, 0.15) is 0 Å². The molecule has 0 radical (unpaired) electrons. The fourth-order valence-electron chi connectivity index (χ4n) is 3.08. The Kier molecular flexibility index (Phi) is 2.97. The summed E-state index contributed by atoms with van der Waals surface area (Å²) < 4.78 is 0. The zero-order chi connectivity index (χ0) is 13.5. The van der Waals surface area contributed by atoms with E-state index in [0.29, 0.717) is 19.5 Å². The lowest BCUT2D eigenvalue weighted by Gasteiger charge is -2.29. The van der Waals surface area contributed by atoms with Gasteiger partial charge in [-0.1, -0.05) is 18.2 Å². The summed E-state index contributed by atoms with van der Waals surface area (Å²) in [6, 6.07) is 8.01. The number of para-hydroxylation sites is 1. The zero-order valence-electron chi connectivity index (χ0n) is 11.2. The summed E-state index contributed by atoms with van der Waals surface area (Å²) in [6.45, 7) is 3.75. The first-order chi connectivity index (χ1) is 9.07. The maximum atomic E-state index is 12.6. The van der Waals surface area contributed by atoms with E-state index in [2.05, 4.69) is 5.32 Å². The van der Waals surface area contributed by atoms with Gasteiger partial charge in [-0.2, -0.15) is 0 Å². The van der Waals surface area contributed by atoms with Crippen LogP contribution in [-0.4, -0.2) is 41.1 Å². The monoisotopic (exact) mass is 260 g/mol. The van der Waals surface area contributed by atoms with Crippen molar-refractivity contribution in [3.8, 4) is 0 Å². The smallest absolute Gasteiger partial charge is 0.230 e. The first-order valence-corrected chi connectivity index (χ1v) is 6.91. The van der Waals surface area contributed by atoms with Gasteiger partial charge in [-0.15, -0.1) is 0 Å². The van der Waals surface area contributed by atoms with E-state index >= 15 is 0 Å². The number of amides is 1. The van der Waals surface area contributed by atoms with Gasteiger partial charge >= 0.3 is 0 Å². The number of rotatable bonds is 1. The zero-order valence-corrected chi connectivity index (χ0v) is 11.2. The number of nitrogens with zero attached hydrogens (tertiary/aromatic N) is 1. The number of fused-ring (bicyclic) bond motifs is 1. The van der Waals surface area contributed by atoms with E-state index in [-0.39, 0.29) is 11.8 Å². The lowest BCUT2D eigenvalue weighted by Crippen LogP contribution is -2.38. The predicted octanol–water partition coefficient (Wildman–Crippen LogP) is 1.57. The fraction of sp³-hybridized carbons (Fsp3) is 0.533. The van der Waals surface area contributed by atoms with E-state index in [9.17, 15) is 9.90 Å². The van der Waals surface area contributed by atoms with Gasteiger partial charge in [0.25, 0.3) is 0 Å². The van der Waals surface area contributed by atoms with Gasteiger partial charge in [-0.25, -0.2) is 0 Å². The fourth-order valence-corrected chi connectivity index (χ4v) is 3.08. The molecule has 4 heteroatoms. The van der Waals surface area contributed by atoms with Crippen LogP contribution in [-0.2, 0) is 4.79 Å². The third kappa shape index (κ3) is 2.32. The lowest BCUT2D eigenvalue weighted by molar-refractivity contribution is -0.132. The maximum Gasteiger partial charge on any atom is 0.230 e. The molecule has 2 unspecified atom stereocenters. The molecule has 0 aliphatic carbocycles. The van der Waals surface area contributed by atoms with Crippen LogP contribution < -0.4 is 5.32 Å². The number of benzene rings is 1. The van der Waals surface area contributed by atoms with Crippen LogP contribution in [0.15, 0.2) is 24.3 Å². The van der Waals surface area contributed by atoms with Crippen molar-refractivity contribution in [2.45, 2.75) is 31.3 Å². The number of hydrogen-bond acceptors (Lipinski definition) is 3. The highest BCUT2D eigenvalue weighted by Crippen LogP contribution is 2.34. The molecule has 2 heterocycles. The Hall–Kier alpha value is -1.55. The Morgan fingerprint density at radius 1 is 1.47 bits per heavy atom. The number of carbonyl (C=O) groups excluding carboxylic acids is 1. The van der Waals surface area contributed by atoms with Gasteiger partial charge in [-0.3, -0.25) is 4.79 Å². The first kappa shape index (κ1) is 12.5. The van der Waals surface area contributed by atoms with Crippen LogP contribution in [0.3, 0.4) is 0 Å². The maximum absolute atomic E-state index is 12.6. The molecule has 2 N–H and O–H groups in total. The minimum absolute atomic E-state index is 0.0636. The minimum atomic E-state index is -0.720. The van der Waals surface area contributed by atoms with Crippen LogP contribution in [0, 0.1) is 0 Å². The summed E-state index contributed by atoms with van der Waals surface area (Å²) >= 11 is 0. The molecule has 0 saturated carbocycles. The van der Waals surface area contributed by atoms with E-state index in [4.69, 9.17) is 0 Å². The molecule has 3 rings (SSSR count). The van der Waals surface area contributed by atoms with Crippen LogP contribution in [0.1, 0.15) is 31.2 Å². The Morgan fingerprint density at radius 2 is 2.26 bits per heavy atom. The summed E-state index contributed by atoms with van der Waals surface area (Å²) in [5.41, 5.74) is 1.44. The molecule has 102 valence electrons. The van der Waals surface area contributed by atoms with E-state index in [0.717, 1.165) is 24.2 Å². The highest BCUT2D eigenvalue weighted by Gasteiger charge is 2.37. The van der Waals surface area contributed by atoms with Crippen molar-refractivity contribution >= 4 is 11.6 Å². The highest BCUT2D eigenvalue weighted by atomic mass is 16.3. The van der Waals surface area contributed by atoms with Gasteiger partial charge in [0.2, 0.25) is 5.91 Å². The average molecular weight is 260 g/mol. The number of likely N-dealkylation sites (tertiary alicyclic amines) is 1. The molecule has 4 nitrogen and oxygen atoms in total. The number of hydrogen-bond donors (Lipinski definition) is 2. The number of β-amino-alcohol motifs (C(OH)–C–C–N with tert-alkyl or cyclic N) is 1. The number of nitrogens with one attached hydrogen (secondary N) is 1. The van der Waals surface area contributed by atoms with Crippen molar-refractivity contribution in [1.82, 2.24) is 4.90 Å². The molecule has 19 heavy (non-hydrogen) atoms. The van der Waals surface area contributed by atoms with Crippen LogP contribution in [0.25, 0.3) is 0 Å². The number of carbonyl (C=O) groups is 1. The van der Waals surface area contributed by atoms with E-state index in [1.165, 1.54) is 0 Å². The van der Waals surface area contributed by atoms with Gasteiger partial charge in [0, 0.05) is 25.3 Å². The summed E-state index contributed by atoms with van der Waals surface area (Å²) in [5, 5.41) is 13.3. The van der Waals surface area contributed by atoms with Crippen molar-refractivity contribution in [2.24, 2.45) is 0 Å². The topological polar surface area (TPSA) is 52.6 Å². The van der Waals surface area contributed by atoms with E-state index in [1.54, 1.807) is 6.92 Å². The number of aliphatic hydroxyl groups is 1. The molecule has 0 spiro atoms. The molecule has 1 saturated heterocycles. The van der Waals surface area contributed by atoms with Crippen LogP contribution in [0.5, 0.6) is 0 Å². The molecule has 2 aliphatic rings. The van der Waals surface area contributed by atoms with Gasteiger partial charge < -0.3 is 15.3 Å². The number of anilines is 1. The van der Waals surface area contributed by atoms with Crippen LogP contribution in [0.2, 0.25) is 0 Å². The Morgan fingerprint density at radius 3 is 3.00 bits per heavy atom. The second-order valence-corrected chi connectivity index (χ2v) is 5.86. The van der Waals surface area contributed by atoms with Crippen LogP contribution >= 0.6 is 0 Å². The normalized spacial score (nSPS) is 29.8. The lowest BCUT2D eigenvalue weighted by atomic mass is 9.90. The minimum Gasteiger partial charge on any atom is -0.388 e. The molecule has 1 aromatic carbocycles. The predicted molar refractivity (Wildman–Crippen MR) is 74.1 cm³/mol. The molecule has 2 atom stereocenters. The SMILES string of the molecule is CC1(O)CCN(C(=O)C2CCNc3ccccc32)C1. The van der Waals surface area contributed by atoms with Crippen molar-refractivity contribution in [3.05, 3.63) is 29.8 Å². The third-order valence-corrected chi connectivity index (χ3v) is 4.15. The third-order valence-electron chi connectivity index (χ3n) is 4.15. The van der Waals surface area contributed by atoms with Gasteiger partial charge in [-0.05, 0) is 31.4 Å². The summed E-state index contributed by atoms with van der Waals surface area (Å²) in [6.07, 6.45) is 1.50. The standard InChI is InChI=1S/C15H20N2O2/c1-15(19)7-9-17(10-15)14(18)12-6-8-16-13-5-3-2-4-11(12)13/h2-5,12,16,19H,6-10H2,1H3. The largest absolute Gasteiger partial charge is 0.388 e. The molecular formula is C15H20N2O2. The van der Waals surface area contributed by atoms with Crippen molar-refractivity contribution < 1.29 is 9.90 Å². The Labute approximate surface area is 113 Å². The van der Waals surface area contributed by atoms with Gasteiger partial charge in [0.05, 0.1) is 11.5 Å². The molecule has 1 aromatic rings. The van der Waals surface area contributed by atoms with Gasteiger partial charge in [0.15, 0.2) is 0 Å². The van der Waals surface area contributed by atoms with Crippen molar-refractivity contribution in [3.63, 3.8) is 0 Å². The van der Waals surface area contributed by atoms with E-state index < -0.39 is 5.60 Å². The highest BCUT2D eigenvalue weighted by molar-refractivity contribution is 5.86. The summed E-state index contributed by atoms with van der Waals surface area (Å²) in [7, 11) is 0. The molecule has 0 aromatic heterocycles. The molecule has 0 bridgehead atoms. The average Bonchev–Trinajstić information content (AvgIpc) is 2.78. The first-order valence-electron chi connectivity index (χ1n) is 6.91. The second-order valence-electron chi connectivity index (χ2n) is 5.86. The summed E-state index contributed by atoms with van der Waals surface area (Å²) in [4.78, 5) is 14.5. The summed E-state index contributed by atoms with van der Waals surface area (Å²) in [5.74, 6) is 0.0954. The molecule has 1 amide bonds. The second kappa shape index (κ2) is 4.53.